The average Bonchev–Trinajstić information content (AvgIpc) is 3.51. The molecule has 3 aliphatic carbocycles. The van der Waals surface area contributed by atoms with Gasteiger partial charge in [-0.05, 0) is 84.6 Å². The van der Waals surface area contributed by atoms with Crippen molar-refractivity contribution in [3.05, 3.63) is 23.8 Å². The lowest BCUT2D eigenvalue weighted by molar-refractivity contribution is -0.205. The van der Waals surface area contributed by atoms with Crippen molar-refractivity contribution < 1.29 is 48.0 Å². The molecule has 326 valence electrons. The molecule has 0 spiro atoms. The SMILES string of the molecule is CC(=O)O[C@@H]1CCCCO[C@H]2OC3C(C)C(O)C4C(=O)C(NC(=O)/C(C)=C\C=C\[C@H](C)CCC[C@H]1C)C1OC5CC(OCCN(C)C(C)C)CCC5NC1C4C3C2=O. The maximum atomic E-state index is 14.8. The molecule has 13 heteroatoms. The predicted molar refractivity (Wildman–Crippen MR) is 217 cm³/mol. The summed E-state index contributed by atoms with van der Waals surface area (Å²) in [6.07, 6.45) is 8.76. The van der Waals surface area contributed by atoms with E-state index in [-0.39, 0.29) is 66.2 Å². The molecule has 13 nitrogen and oxygen atoms in total. The third kappa shape index (κ3) is 10.1. The number of morpholine rings is 1. The molecule has 2 saturated heterocycles. The number of carbonyl (C=O) groups is 4. The number of allylic oxidation sites excluding steroid dienone is 3. The summed E-state index contributed by atoms with van der Waals surface area (Å²) in [5.74, 6) is -3.56. The molecule has 6 rings (SSSR count). The van der Waals surface area contributed by atoms with Gasteiger partial charge in [-0.2, -0.15) is 0 Å². The first-order valence-electron chi connectivity index (χ1n) is 22.2. The molecule has 16 atom stereocenters. The number of rotatable bonds is 6. The minimum Gasteiger partial charge on any atom is -0.462 e. The first-order chi connectivity index (χ1) is 27.7. The van der Waals surface area contributed by atoms with Crippen LogP contribution in [0.15, 0.2) is 23.8 Å². The summed E-state index contributed by atoms with van der Waals surface area (Å²) in [7, 11) is 2.09. The third-order valence-electron chi connectivity index (χ3n) is 14.2. The summed E-state index contributed by atoms with van der Waals surface area (Å²) in [4.78, 5) is 57.3. The van der Waals surface area contributed by atoms with Gasteiger partial charge in [0.1, 0.15) is 18.2 Å². The molecule has 6 aliphatic rings. The van der Waals surface area contributed by atoms with Gasteiger partial charge in [0.2, 0.25) is 12.2 Å². The van der Waals surface area contributed by atoms with Gasteiger partial charge in [-0.15, -0.1) is 0 Å². The Bertz CT molecular complexity index is 1520. The van der Waals surface area contributed by atoms with E-state index in [0.717, 1.165) is 45.1 Å². The number of amides is 1. The van der Waals surface area contributed by atoms with Crippen molar-refractivity contribution in [1.29, 1.82) is 0 Å². The monoisotopic (exact) mass is 814 g/mol. The van der Waals surface area contributed by atoms with Crippen molar-refractivity contribution in [3.8, 4) is 0 Å². The van der Waals surface area contributed by atoms with Gasteiger partial charge in [0.25, 0.3) is 0 Å². The Morgan fingerprint density at radius 2 is 1.76 bits per heavy atom. The number of hydrogen-bond acceptors (Lipinski definition) is 12. The summed E-state index contributed by atoms with van der Waals surface area (Å²) in [5, 5.41) is 18.8. The first kappa shape index (κ1) is 45.0. The van der Waals surface area contributed by atoms with Gasteiger partial charge in [-0.1, -0.05) is 45.4 Å². The Kier molecular flexibility index (Phi) is 15.4. The smallest absolute Gasteiger partial charge is 0.302 e. The van der Waals surface area contributed by atoms with E-state index in [2.05, 4.69) is 56.4 Å². The van der Waals surface area contributed by atoms with Crippen LogP contribution in [0.5, 0.6) is 0 Å². The minimum absolute atomic E-state index is 0.00555. The average molecular weight is 814 g/mol. The molecule has 0 aromatic carbocycles. The number of aliphatic hydroxyl groups excluding tert-OH is 1. The zero-order valence-corrected chi connectivity index (χ0v) is 36.1. The van der Waals surface area contributed by atoms with E-state index >= 15 is 0 Å². The van der Waals surface area contributed by atoms with Crippen molar-refractivity contribution in [3.63, 3.8) is 0 Å². The number of ether oxygens (including phenoxy) is 5. The van der Waals surface area contributed by atoms with Gasteiger partial charge in [0.05, 0.1) is 49.5 Å². The van der Waals surface area contributed by atoms with Crippen LogP contribution < -0.4 is 10.6 Å². The molecule has 4 bridgehead atoms. The van der Waals surface area contributed by atoms with E-state index in [9.17, 15) is 24.3 Å². The molecular formula is C45H71N3O10. The Morgan fingerprint density at radius 3 is 2.50 bits per heavy atom. The number of nitrogens with zero attached hydrogens (tertiary/aromatic N) is 1. The van der Waals surface area contributed by atoms with Crippen molar-refractivity contribution in [2.75, 3.05) is 26.8 Å². The fourth-order valence-corrected chi connectivity index (χ4v) is 10.4. The highest BCUT2D eigenvalue weighted by Gasteiger charge is 2.67. The fraction of sp³-hybridized carbons (Fsp3) is 0.822. The zero-order valence-electron chi connectivity index (χ0n) is 36.1. The van der Waals surface area contributed by atoms with Crippen LogP contribution in [-0.4, -0.2) is 127 Å². The molecule has 3 heterocycles. The van der Waals surface area contributed by atoms with Crippen LogP contribution in [-0.2, 0) is 42.9 Å². The van der Waals surface area contributed by atoms with Crippen LogP contribution in [0.3, 0.4) is 0 Å². The van der Waals surface area contributed by atoms with Gasteiger partial charge in [-0.25, -0.2) is 0 Å². The molecule has 0 radical (unpaired) electrons. The lowest BCUT2D eigenvalue weighted by Crippen LogP contribution is -2.77. The van der Waals surface area contributed by atoms with Crippen molar-refractivity contribution in [1.82, 2.24) is 15.5 Å². The fourth-order valence-electron chi connectivity index (χ4n) is 10.4. The molecule has 12 unspecified atom stereocenters. The second kappa shape index (κ2) is 19.9. The summed E-state index contributed by atoms with van der Waals surface area (Å²) in [6, 6.07) is -1.18. The van der Waals surface area contributed by atoms with Crippen LogP contribution in [0, 0.1) is 35.5 Å². The summed E-state index contributed by atoms with van der Waals surface area (Å²) in [6.45, 7) is 15.3. The van der Waals surface area contributed by atoms with E-state index in [1.54, 1.807) is 13.0 Å². The van der Waals surface area contributed by atoms with Gasteiger partial charge >= 0.3 is 5.97 Å². The Balaban J connectivity index is 1.27. The molecule has 0 aromatic rings. The van der Waals surface area contributed by atoms with E-state index in [1.165, 1.54) is 6.92 Å². The van der Waals surface area contributed by atoms with Crippen LogP contribution in [0.2, 0.25) is 0 Å². The Hall–Kier alpha value is -2.52. The number of aliphatic hydroxyl groups is 1. The van der Waals surface area contributed by atoms with E-state index in [0.29, 0.717) is 37.5 Å². The number of likely N-dealkylation sites (N-methyl/N-ethyl adjacent to an activating group) is 1. The molecule has 3 N–H and O–H groups in total. The van der Waals surface area contributed by atoms with E-state index < -0.39 is 60.4 Å². The third-order valence-corrected chi connectivity index (χ3v) is 14.2. The zero-order chi connectivity index (χ0) is 41.8. The first-order valence-corrected chi connectivity index (χ1v) is 22.2. The Labute approximate surface area is 345 Å². The summed E-state index contributed by atoms with van der Waals surface area (Å²) < 4.78 is 31.5. The number of fused-ring (bicyclic) bond motifs is 2. The highest BCUT2D eigenvalue weighted by Crippen LogP contribution is 2.52. The van der Waals surface area contributed by atoms with E-state index in [1.807, 2.05) is 13.0 Å². The van der Waals surface area contributed by atoms with Crippen LogP contribution in [0.1, 0.15) is 106 Å². The number of hydrogen-bond donors (Lipinski definition) is 3. The predicted octanol–water partition coefficient (Wildman–Crippen LogP) is 4.29. The summed E-state index contributed by atoms with van der Waals surface area (Å²) >= 11 is 0. The van der Waals surface area contributed by atoms with Crippen LogP contribution >= 0.6 is 0 Å². The second-order valence-electron chi connectivity index (χ2n) is 18.6. The molecular weight excluding hydrogens is 743 g/mol. The van der Waals surface area contributed by atoms with Crippen LogP contribution in [0.25, 0.3) is 0 Å². The van der Waals surface area contributed by atoms with Gasteiger partial charge in [0, 0.05) is 55.4 Å². The number of nitrogens with one attached hydrogen (secondary N) is 2. The summed E-state index contributed by atoms with van der Waals surface area (Å²) in [5.41, 5.74) is 0.443. The number of ketones is 2. The minimum atomic E-state index is -1.12. The molecule has 58 heavy (non-hydrogen) atoms. The van der Waals surface area contributed by atoms with Crippen molar-refractivity contribution in [2.24, 2.45) is 35.5 Å². The van der Waals surface area contributed by atoms with Gasteiger partial charge in [0.15, 0.2) is 11.6 Å². The van der Waals surface area contributed by atoms with E-state index in [4.69, 9.17) is 23.7 Å². The molecule has 0 aromatic heterocycles. The van der Waals surface area contributed by atoms with Crippen LogP contribution in [0.4, 0.5) is 0 Å². The topological polar surface area (TPSA) is 162 Å². The Morgan fingerprint density at radius 1 is 0.983 bits per heavy atom. The van der Waals surface area contributed by atoms with Gasteiger partial charge in [-0.3, -0.25) is 19.2 Å². The lowest BCUT2D eigenvalue weighted by atomic mass is 9.55. The normalized spacial score (nSPS) is 43.2. The molecule has 3 aliphatic heterocycles. The quantitative estimate of drug-likeness (QED) is 0.327. The molecule has 5 fully saturated rings. The molecule has 3 saturated carbocycles. The standard InChI is InChI=1S/C45H71N3O10/c1-24(2)48(8)20-22-54-30-18-19-31-33(23-30)57-43-37(46-31)34-35-39(50)28(6)42-36(34)41(52)45(58-42)55-21-10-9-17-32(56-29(7)49)26(4)15-11-13-25(3)14-12-16-27(5)44(53)47-38(43)40(35)51/h12,14,16,24-26,28,30-39,42-43,45-46,50H,9-11,13,15,17-23H2,1-8H3,(H,47,53)/b14-12+,27-16-/t25-,26-,28?,30?,31?,32-,33?,34?,35?,36?,37?,38?,39?,42?,43?,45+/m1/s1. The maximum Gasteiger partial charge on any atom is 0.302 e. The molecule has 1 amide bonds. The second-order valence-corrected chi connectivity index (χ2v) is 18.6. The highest BCUT2D eigenvalue weighted by molar-refractivity contribution is 5.99. The highest BCUT2D eigenvalue weighted by atomic mass is 16.7. The number of Topliss-reactive ketones (excluding diaryl/α,β-unsaturated/α-hetero) is 2. The van der Waals surface area contributed by atoms with Crippen molar-refractivity contribution >= 4 is 23.4 Å². The van der Waals surface area contributed by atoms with Gasteiger partial charge < -0.3 is 44.3 Å². The maximum absolute atomic E-state index is 14.8. The van der Waals surface area contributed by atoms with Crippen molar-refractivity contribution in [2.45, 2.75) is 173 Å². The number of carbonyl (C=O) groups excluding carboxylic acids is 4. The lowest BCUT2D eigenvalue weighted by Gasteiger charge is -2.58. The largest absolute Gasteiger partial charge is 0.462 e. The number of esters is 1.